The van der Waals surface area contributed by atoms with E-state index in [-0.39, 0.29) is 16.9 Å². The first kappa shape index (κ1) is 26.9. The monoisotopic (exact) mass is 452 g/mol. The number of amides is 1. The van der Waals surface area contributed by atoms with Gasteiger partial charge in [0, 0.05) is 12.2 Å². The molecule has 0 saturated heterocycles. The lowest BCUT2D eigenvalue weighted by Gasteiger charge is -2.26. The van der Waals surface area contributed by atoms with E-state index < -0.39 is 0 Å². The van der Waals surface area contributed by atoms with Crippen molar-refractivity contribution in [2.24, 2.45) is 0 Å². The fourth-order valence-electron chi connectivity index (χ4n) is 3.79. The number of carbonyl (C=O) groups is 1. The Morgan fingerprint density at radius 3 is 1.91 bits per heavy atom. The lowest BCUT2D eigenvalue weighted by Crippen LogP contribution is -2.20. The van der Waals surface area contributed by atoms with Crippen LogP contribution in [-0.4, -0.2) is 19.2 Å². The van der Waals surface area contributed by atoms with Gasteiger partial charge in [-0.05, 0) is 90.4 Å². The van der Waals surface area contributed by atoms with E-state index in [0.717, 1.165) is 49.2 Å². The minimum atomic E-state index is -0.383. The summed E-state index contributed by atoms with van der Waals surface area (Å²) in [6.07, 6.45) is 2.58. The van der Waals surface area contributed by atoms with E-state index in [1.807, 2.05) is 26.0 Å². The third-order valence-corrected chi connectivity index (χ3v) is 5.75. The highest BCUT2D eigenvalue weighted by molar-refractivity contribution is 5.84. The first-order valence-corrected chi connectivity index (χ1v) is 12.2. The molecule has 0 saturated carbocycles. The zero-order valence-electron chi connectivity index (χ0n) is 22.0. The van der Waals surface area contributed by atoms with Crippen LogP contribution in [-0.2, 0) is 22.1 Å². The molecule has 2 aromatic carbocycles. The fourth-order valence-corrected chi connectivity index (χ4v) is 3.79. The van der Waals surface area contributed by atoms with Crippen molar-refractivity contribution in [3.05, 3.63) is 64.2 Å². The van der Waals surface area contributed by atoms with Gasteiger partial charge in [-0.1, -0.05) is 65.8 Å². The van der Waals surface area contributed by atoms with Gasteiger partial charge in [-0.3, -0.25) is 5.32 Å². The van der Waals surface area contributed by atoms with Crippen molar-refractivity contribution in [1.29, 1.82) is 0 Å². The van der Waals surface area contributed by atoms with E-state index >= 15 is 0 Å². The van der Waals surface area contributed by atoms with E-state index in [1.165, 1.54) is 16.7 Å². The van der Waals surface area contributed by atoms with Crippen LogP contribution in [0.25, 0.3) is 0 Å². The highest BCUT2D eigenvalue weighted by Crippen LogP contribution is 2.30. The van der Waals surface area contributed by atoms with E-state index in [1.54, 1.807) is 0 Å². The maximum absolute atomic E-state index is 12.0. The molecule has 4 nitrogen and oxygen atoms in total. The summed E-state index contributed by atoms with van der Waals surface area (Å²) in [5, 5.41) is 6.39. The molecule has 0 unspecified atom stereocenters. The third kappa shape index (κ3) is 9.59. The second-order valence-corrected chi connectivity index (χ2v) is 11.3. The van der Waals surface area contributed by atoms with Crippen molar-refractivity contribution in [3.8, 4) is 0 Å². The maximum Gasteiger partial charge on any atom is 0.411 e. The van der Waals surface area contributed by atoms with E-state index in [0.29, 0.717) is 6.61 Å². The van der Waals surface area contributed by atoms with Crippen LogP contribution < -0.4 is 10.6 Å². The van der Waals surface area contributed by atoms with Crippen LogP contribution in [0.2, 0.25) is 0 Å². The molecule has 0 aliphatic carbocycles. The number of benzene rings is 2. The molecule has 2 aromatic rings. The smallest absolute Gasteiger partial charge is 0.411 e. The highest BCUT2D eigenvalue weighted by atomic mass is 16.5. The summed E-state index contributed by atoms with van der Waals surface area (Å²) in [4.78, 5) is 12.0. The van der Waals surface area contributed by atoms with Crippen LogP contribution in [0.3, 0.4) is 0 Å². The largest absolute Gasteiger partial charge is 0.449 e. The van der Waals surface area contributed by atoms with Crippen molar-refractivity contribution in [1.82, 2.24) is 5.32 Å². The minimum Gasteiger partial charge on any atom is -0.449 e. The molecule has 1 amide bonds. The van der Waals surface area contributed by atoms with Gasteiger partial charge in [0.1, 0.15) is 0 Å². The van der Waals surface area contributed by atoms with Crippen LogP contribution in [0.4, 0.5) is 10.5 Å². The number of aryl methyl sites for hydroxylation is 2. The lowest BCUT2D eigenvalue weighted by molar-refractivity contribution is 0.159. The molecule has 4 heteroatoms. The molecule has 182 valence electrons. The van der Waals surface area contributed by atoms with Crippen LogP contribution in [0, 0.1) is 13.8 Å². The molecule has 0 radical (unpaired) electrons. The van der Waals surface area contributed by atoms with Crippen molar-refractivity contribution < 1.29 is 9.53 Å². The Morgan fingerprint density at radius 2 is 1.36 bits per heavy atom. The van der Waals surface area contributed by atoms with Gasteiger partial charge >= 0.3 is 6.09 Å². The Morgan fingerprint density at radius 1 is 0.788 bits per heavy atom. The molecular formula is C29H44N2O2. The summed E-state index contributed by atoms with van der Waals surface area (Å²) >= 11 is 0. The van der Waals surface area contributed by atoms with Crippen LogP contribution in [0.1, 0.15) is 88.6 Å². The number of rotatable bonds is 9. The van der Waals surface area contributed by atoms with Gasteiger partial charge in [0.2, 0.25) is 0 Å². The molecule has 0 aliphatic heterocycles. The topological polar surface area (TPSA) is 50.4 Å². The van der Waals surface area contributed by atoms with Crippen LogP contribution >= 0.6 is 0 Å². The lowest BCUT2D eigenvalue weighted by atomic mass is 9.79. The zero-order valence-corrected chi connectivity index (χ0v) is 22.0. The Kier molecular flexibility index (Phi) is 9.54. The summed E-state index contributed by atoms with van der Waals surface area (Å²) in [6.45, 7) is 20.0. The molecule has 2 N–H and O–H groups in total. The maximum atomic E-state index is 12.0. The predicted octanol–water partition coefficient (Wildman–Crippen LogP) is 7.41. The van der Waals surface area contributed by atoms with Crippen LogP contribution in [0.5, 0.6) is 0 Å². The number of nitrogens with one attached hydrogen (secondary N) is 2. The van der Waals surface area contributed by atoms with E-state index in [2.05, 4.69) is 76.4 Å². The zero-order chi connectivity index (χ0) is 24.6. The first-order chi connectivity index (χ1) is 15.3. The quantitative estimate of drug-likeness (QED) is 0.390. The van der Waals surface area contributed by atoms with Crippen LogP contribution in [0.15, 0.2) is 36.4 Å². The Labute approximate surface area is 201 Å². The number of hydrogen-bond donors (Lipinski definition) is 2. The summed E-state index contributed by atoms with van der Waals surface area (Å²) < 4.78 is 5.32. The number of ether oxygens (including phenoxy) is 1. The van der Waals surface area contributed by atoms with E-state index in [9.17, 15) is 4.79 Å². The second kappa shape index (κ2) is 11.7. The molecule has 0 heterocycles. The number of anilines is 1. The van der Waals surface area contributed by atoms with E-state index in [4.69, 9.17) is 4.74 Å². The standard InChI is InChI=1S/C29H44N2O2/c1-21-14-22(2)16-26(15-21)31-27(32)33-13-11-9-10-12-30-20-23-17-24(28(3,4)5)19-25(18-23)29(6,7)8/h14-19,30H,9-13,20H2,1-8H3,(H,31,32). The number of unbranched alkanes of at least 4 members (excludes halogenated alkanes) is 2. The molecule has 0 spiro atoms. The molecule has 0 bridgehead atoms. The van der Waals surface area contributed by atoms with Gasteiger partial charge in [0.05, 0.1) is 6.61 Å². The van der Waals surface area contributed by atoms with Gasteiger partial charge in [-0.2, -0.15) is 0 Å². The Balaban J connectivity index is 1.69. The molecule has 0 fully saturated rings. The summed E-state index contributed by atoms with van der Waals surface area (Å²) in [5.41, 5.74) is 7.44. The average Bonchev–Trinajstić information content (AvgIpc) is 2.67. The van der Waals surface area contributed by atoms with Gasteiger partial charge < -0.3 is 10.1 Å². The number of hydrogen-bond acceptors (Lipinski definition) is 3. The van der Waals surface area contributed by atoms with Gasteiger partial charge in [-0.25, -0.2) is 4.79 Å². The molecular weight excluding hydrogens is 408 g/mol. The average molecular weight is 453 g/mol. The summed E-state index contributed by atoms with van der Waals surface area (Å²) in [6, 6.07) is 13.0. The second-order valence-electron chi connectivity index (χ2n) is 11.3. The summed E-state index contributed by atoms with van der Waals surface area (Å²) in [7, 11) is 0. The van der Waals surface area contributed by atoms with Crippen molar-refractivity contribution >= 4 is 11.8 Å². The molecule has 2 rings (SSSR count). The third-order valence-electron chi connectivity index (χ3n) is 5.75. The first-order valence-electron chi connectivity index (χ1n) is 12.2. The highest BCUT2D eigenvalue weighted by Gasteiger charge is 2.20. The normalized spacial score (nSPS) is 12.0. The Hall–Kier alpha value is -2.33. The minimum absolute atomic E-state index is 0.139. The van der Waals surface area contributed by atoms with Gasteiger partial charge in [-0.15, -0.1) is 0 Å². The van der Waals surface area contributed by atoms with Crippen molar-refractivity contribution in [2.45, 2.75) is 92.0 Å². The molecule has 33 heavy (non-hydrogen) atoms. The Bertz CT molecular complexity index is 868. The van der Waals surface area contributed by atoms with Gasteiger partial charge in [0.15, 0.2) is 0 Å². The summed E-state index contributed by atoms with van der Waals surface area (Å²) in [5.74, 6) is 0. The number of carbonyl (C=O) groups excluding carboxylic acids is 1. The van der Waals surface area contributed by atoms with Crippen molar-refractivity contribution in [3.63, 3.8) is 0 Å². The fraction of sp³-hybridized carbons (Fsp3) is 0.552. The predicted molar refractivity (Wildman–Crippen MR) is 140 cm³/mol. The molecule has 0 aliphatic rings. The molecule has 0 aromatic heterocycles. The SMILES string of the molecule is Cc1cc(C)cc(NC(=O)OCCCCCNCc2cc(C(C)(C)C)cc(C(C)(C)C)c2)c1. The van der Waals surface area contributed by atoms with Crippen molar-refractivity contribution in [2.75, 3.05) is 18.5 Å². The van der Waals surface area contributed by atoms with Gasteiger partial charge in [0.25, 0.3) is 0 Å². The molecule has 0 atom stereocenters.